The van der Waals surface area contributed by atoms with Gasteiger partial charge in [-0.3, -0.25) is 10.2 Å². The van der Waals surface area contributed by atoms with Gasteiger partial charge in [0.05, 0.1) is 18.3 Å². The van der Waals surface area contributed by atoms with Gasteiger partial charge in [-0.2, -0.15) is 5.10 Å². The second-order valence-electron chi connectivity index (χ2n) is 5.55. The predicted molar refractivity (Wildman–Crippen MR) is 101 cm³/mol. The SMILES string of the molecule is Cc1csc(NN=Cc2ccc(-c3ccc(CC(=O)O)cc3)cc2)n1. The van der Waals surface area contributed by atoms with Gasteiger partial charge in [-0.05, 0) is 29.2 Å². The lowest BCUT2D eigenvalue weighted by atomic mass is 10.0. The van der Waals surface area contributed by atoms with Crippen molar-refractivity contribution in [3.8, 4) is 11.1 Å². The number of hydrogen-bond donors (Lipinski definition) is 2. The van der Waals surface area contributed by atoms with E-state index >= 15 is 0 Å². The summed E-state index contributed by atoms with van der Waals surface area (Å²) in [5.74, 6) is -0.821. The maximum absolute atomic E-state index is 10.7. The Kier molecular flexibility index (Phi) is 5.20. The summed E-state index contributed by atoms with van der Waals surface area (Å²) in [4.78, 5) is 15.0. The van der Waals surface area contributed by atoms with Crippen molar-refractivity contribution in [3.05, 3.63) is 70.7 Å². The predicted octanol–water partition coefficient (Wildman–Crippen LogP) is 4.19. The number of carboxylic acids is 1. The van der Waals surface area contributed by atoms with Gasteiger partial charge < -0.3 is 5.11 Å². The number of hydrazone groups is 1. The molecule has 1 aromatic heterocycles. The average molecular weight is 351 g/mol. The van der Waals surface area contributed by atoms with E-state index in [1.807, 2.05) is 60.8 Å². The Morgan fingerprint density at radius 3 is 2.36 bits per heavy atom. The largest absolute Gasteiger partial charge is 0.481 e. The van der Waals surface area contributed by atoms with Crippen LogP contribution in [0.2, 0.25) is 0 Å². The van der Waals surface area contributed by atoms with Crippen molar-refractivity contribution < 1.29 is 9.90 Å². The molecule has 0 aliphatic heterocycles. The maximum Gasteiger partial charge on any atom is 0.307 e. The molecule has 0 amide bonds. The van der Waals surface area contributed by atoms with E-state index in [0.29, 0.717) is 0 Å². The first-order valence-corrected chi connectivity index (χ1v) is 8.60. The van der Waals surface area contributed by atoms with E-state index in [4.69, 9.17) is 5.11 Å². The molecular weight excluding hydrogens is 334 g/mol. The van der Waals surface area contributed by atoms with Crippen LogP contribution in [0.3, 0.4) is 0 Å². The van der Waals surface area contributed by atoms with E-state index in [9.17, 15) is 4.79 Å². The Bertz CT molecular complexity index is 884. The van der Waals surface area contributed by atoms with E-state index in [1.165, 1.54) is 11.3 Å². The highest BCUT2D eigenvalue weighted by Gasteiger charge is 2.02. The summed E-state index contributed by atoms with van der Waals surface area (Å²) in [6, 6.07) is 15.6. The highest BCUT2D eigenvalue weighted by molar-refractivity contribution is 7.13. The topological polar surface area (TPSA) is 74.6 Å². The molecule has 25 heavy (non-hydrogen) atoms. The molecule has 2 aromatic carbocycles. The number of aliphatic carboxylic acids is 1. The molecule has 126 valence electrons. The van der Waals surface area contributed by atoms with Gasteiger partial charge in [0.25, 0.3) is 0 Å². The van der Waals surface area contributed by atoms with Crippen LogP contribution in [0.25, 0.3) is 11.1 Å². The van der Waals surface area contributed by atoms with Gasteiger partial charge in [0.15, 0.2) is 0 Å². The van der Waals surface area contributed by atoms with Gasteiger partial charge in [-0.15, -0.1) is 11.3 Å². The summed E-state index contributed by atoms with van der Waals surface area (Å²) in [6.07, 6.45) is 1.79. The minimum absolute atomic E-state index is 0.0430. The molecule has 0 aliphatic carbocycles. The average Bonchev–Trinajstić information content (AvgIpc) is 3.01. The van der Waals surface area contributed by atoms with Gasteiger partial charge in [-0.1, -0.05) is 48.5 Å². The molecule has 0 atom stereocenters. The van der Waals surface area contributed by atoms with Gasteiger partial charge in [0.1, 0.15) is 0 Å². The minimum atomic E-state index is -0.821. The molecule has 3 aromatic rings. The Labute approximate surface area is 149 Å². The zero-order chi connectivity index (χ0) is 17.6. The van der Waals surface area contributed by atoms with Crippen molar-refractivity contribution in [2.75, 3.05) is 5.43 Å². The van der Waals surface area contributed by atoms with Crippen LogP contribution < -0.4 is 5.43 Å². The molecule has 0 spiro atoms. The molecule has 0 bridgehead atoms. The summed E-state index contributed by atoms with van der Waals surface area (Å²) < 4.78 is 0. The van der Waals surface area contributed by atoms with Gasteiger partial charge in [0, 0.05) is 5.38 Å². The van der Waals surface area contributed by atoms with Crippen LogP contribution in [0, 0.1) is 6.92 Å². The van der Waals surface area contributed by atoms with Crippen molar-refractivity contribution in [3.63, 3.8) is 0 Å². The fraction of sp³-hybridized carbons (Fsp3) is 0.105. The highest BCUT2D eigenvalue weighted by Crippen LogP contribution is 2.20. The lowest BCUT2D eigenvalue weighted by molar-refractivity contribution is -0.136. The summed E-state index contributed by atoms with van der Waals surface area (Å²) in [7, 11) is 0. The molecule has 0 saturated carbocycles. The number of carboxylic acid groups (broad SMARTS) is 1. The van der Waals surface area contributed by atoms with Crippen LogP contribution in [-0.4, -0.2) is 22.3 Å². The Hall–Kier alpha value is -2.99. The fourth-order valence-corrected chi connectivity index (χ4v) is 2.96. The number of aryl methyl sites for hydroxylation is 1. The molecule has 6 heteroatoms. The minimum Gasteiger partial charge on any atom is -0.481 e. The molecule has 0 unspecified atom stereocenters. The Morgan fingerprint density at radius 2 is 1.80 bits per heavy atom. The molecule has 0 radical (unpaired) electrons. The number of rotatable bonds is 6. The van der Waals surface area contributed by atoms with Crippen molar-refractivity contribution in [2.45, 2.75) is 13.3 Å². The summed E-state index contributed by atoms with van der Waals surface area (Å²) in [5.41, 5.74) is 7.78. The number of nitrogens with one attached hydrogen (secondary N) is 1. The van der Waals surface area contributed by atoms with Crippen LogP contribution >= 0.6 is 11.3 Å². The van der Waals surface area contributed by atoms with Gasteiger partial charge >= 0.3 is 5.97 Å². The molecule has 3 rings (SSSR count). The van der Waals surface area contributed by atoms with E-state index in [2.05, 4.69) is 15.5 Å². The van der Waals surface area contributed by atoms with E-state index in [-0.39, 0.29) is 6.42 Å². The first-order valence-electron chi connectivity index (χ1n) is 7.72. The number of aromatic nitrogens is 1. The monoisotopic (exact) mass is 351 g/mol. The number of benzene rings is 2. The Balaban J connectivity index is 1.64. The molecule has 0 fully saturated rings. The van der Waals surface area contributed by atoms with E-state index < -0.39 is 5.97 Å². The van der Waals surface area contributed by atoms with E-state index in [1.54, 1.807) is 6.21 Å². The van der Waals surface area contributed by atoms with Crippen molar-refractivity contribution in [1.82, 2.24) is 4.98 Å². The number of anilines is 1. The van der Waals surface area contributed by atoms with E-state index in [0.717, 1.165) is 33.1 Å². The van der Waals surface area contributed by atoms with Gasteiger partial charge in [-0.25, -0.2) is 4.98 Å². The second-order valence-corrected chi connectivity index (χ2v) is 6.41. The normalized spacial score (nSPS) is 10.9. The summed E-state index contributed by atoms with van der Waals surface area (Å²) >= 11 is 1.52. The zero-order valence-corrected chi connectivity index (χ0v) is 14.5. The van der Waals surface area contributed by atoms with Gasteiger partial charge in [0.2, 0.25) is 5.13 Å². The lowest BCUT2D eigenvalue weighted by Gasteiger charge is -2.04. The first-order chi connectivity index (χ1) is 12.1. The molecule has 5 nitrogen and oxygen atoms in total. The lowest BCUT2D eigenvalue weighted by Crippen LogP contribution is -1.99. The number of hydrogen-bond acceptors (Lipinski definition) is 5. The molecule has 2 N–H and O–H groups in total. The van der Waals surface area contributed by atoms with Crippen molar-refractivity contribution in [1.29, 1.82) is 0 Å². The van der Waals surface area contributed by atoms with Crippen LogP contribution in [0.5, 0.6) is 0 Å². The standard InChI is InChI=1S/C19H17N3O2S/c1-13-12-25-19(21-13)22-20-11-15-4-8-17(9-5-15)16-6-2-14(3-7-16)10-18(23)24/h2-9,11-12H,10H2,1H3,(H,21,22)(H,23,24). The summed E-state index contributed by atoms with van der Waals surface area (Å²) in [5, 5.41) is 15.7. The smallest absolute Gasteiger partial charge is 0.307 e. The summed E-state index contributed by atoms with van der Waals surface area (Å²) in [6.45, 7) is 1.94. The highest BCUT2D eigenvalue weighted by atomic mass is 32.1. The van der Waals surface area contributed by atoms with Crippen LogP contribution in [0.15, 0.2) is 59.0 Å². The molecular formula is C19H17N3O2S. The third-order valence-corrected chi connectivity index (χ3v) is 4.41. The number of carbonyl (C=O) groups is 1. The fourth-order valence-electron chi connectivity index (χ4n) is 2.32. The van der Waals surface area contributed by atoms with Crippen molar-refractivity contribution >= 4 is 28.7 Å². The third kappa shape index (κ3) is 4.74. The quantitative estimate of drug-likeness (QED) is 0.516. The van der Waals surface area contributed by atoms with Crippen LogP contribution in [-0.2, 0) is 11.2 Å². The van der Waals surface area contributed by atoms with Crippen LogP contribution in [0.4, 0.5) is 5.13 Å². The maximum atomic E-state index is 10.7. The van der Waals surface area contributed by atoms with Crippen LogP contribution in [0.1, 0.15) is 16.8 Å². The molecule has 1 heterocycles. The first kappa shape index (κ1) is 16.9. The molecule has 0 aliphatic rings. The Morgan fingerprint density at radius 1 is 1.16 bits per heavy atom. The zero-order valence-electron chi connectivity index (χ0n) is 13.6. The van der Waals surface area contributed by atoms with Crippen molar-refractivity contribution in [2.24, 2.45) is 5.10 Å². The number of nitrogens with zero attached hydrogens (tertiary/aromatic N) is 2. The second kappa shape index (κ2) is 7.72. The molecule has 0 saturated heterocycles. The third-order valence-electron chi connectivity index (χ3n) is 3.55. The number of thiazole rings is 1.